The summed E-state index contributed by atoms with van der Waals surface area (Å²) in [6.07, 6.45) is 0. The summed E-state index contributed by atoms with van der Waals surface area (Å²) in [5, 5.41) is 8.31. The van der Waals surface area contributed by atoms with Crippen LogP contribution in [0.4, 0.5) is 5.69 Å². The van der Waals surface area contributed by atoms with Crippen LogP contribution in [0.1, 0.15) is 10.5 Å². The molecule has 0 spiro atoms. The summed E-state index contributed by atoms with van der Waals surface area (Å²) in [6.45, 7) is 0. The van der Waals surface area contributed by atoms with E-state index >= 15 is 0 Å². The molecule has 0 saturated carbocycles. The average Bonchev–Trinajstić information content (AvgIpc) is 2.48. The van der Waals surface area contributed by atoms with Crippen molar-refractivity contribution in [2.24, 2.45) is 0 Å². The predicted octanol–water partition coefficient (Wildman–Crippen LogP) is 0.272. The van der Waals surface area contributed by atoms with Gasteiger partial charge in [0.2, 0.25) is 10.0 Å². The number of amides is 1. The maximum absolute atomic E-state index is 11.9. The highest BCUT2D eigenvalue weighted by atomic mass is 32.2. The largest absolute Gasteiger partial charge is 0.321 e. The van der Waals surface area contributed by atoms with Crippen LogP contribution in [0.2, 0.25) is 0 Å². The second-order valence-electron chi connectivity index (χ2n) is 4.57. The first-order valence-corrected chi connectivity index (χ1v) is 7.64. The van der Waals surface area contributed by atoms with E-state index in [-0.39, 0.29) is 10.6 Å². The molecule has 2 rings (SSSR count). The van der Waals surface area contributed by atoms with Gasteiger partial charge < -0.3 is 5.32 Å². The molecule has 1 amide bonds. The number of H-pyrrole nitrogens is 1. The normalized spacial score (nSPS) is 11.4. The number of carbonyl (C=O) groups is 1. The molecule has 1 aromatic heterocycles. The van der Waals surface area contributed by atoms with Crippen LogP contribution in [-0.2, 0) is 10.0 Å². The van der Waals surface area contributed by atoms with Gasteiger partial charge in [-0.1, -0.05) is 0 Å². The summed E-state index contributed by atoms with van der Waals surface area (Å²) >= 11 is 0. The molecular weight excluding hydrogens is 308 g/mol. The third-order valence-corrected chi connectivity index (χ3v) is 4.63. The van der Waals surface area contributed by atoms with E-state index in [4.69, 9.17) is 0 Å². The number of nitrogens with one attached hydrogen (secondary N) is 2. The van der Waals surface area contributed by atoms with Crippen LogP contribution in [-0.4, -0.2) is 42.9 Å². The lowest BCUT2D eigenvalue weighted by molar-refractivity contribution is 0.102. The number of sulfonamides is 1. The zero-order valence-corrected chi connectivity index (χ0v) is 12.7. The van der Waals surface area contributed by atoms with E-state index < -0.39 is 21.5 Å². The standard InChI is InChI=1S/C13H14N4O4S/c1-17(2)22(20,21)10-5-3-9(4-6-10)14-13(19)11-7-8-12(18)16-15-11/h3-8H,1-2H3,(H,14,19)(H,16,18). The van der Waals surface area contributed by atoms with Crippen LogP contribution in [0.5, 0.6) is 0 Å². The van der Waals surface area contributed by atoms with Crippen molar-refractivity contribution in [1.29, 1.82) is 0 Å². The topological polar surface area (TPSA) is 112 Å². The smallest absolute Gasteiger partial charge is 0.276 e. The van der Waals surface area contributed by atoms with Gasteiger partial charge in [0.25, 0.3) is 11.5 Å². The maximum atomic E-state index is 11.9. The molecule has 0 unspecified atom stereocenters. The quantitative estimate of drug-likeness (QED) is 0.839. The number of hydrogen-bond acceptors (Lipinski definition) is 5. The lowest BCUT2D eigenvalue weighted by Crippen LogP contribution is -2.22. The third kappa shape index (κ3) is 3.38. The molecule has 116 valence electrons. The number of aromatic nitrogens is 2. The lowest BCUT2D eigenvalue weighted by Gasteiger charge is -2.11. The molecule has 0 radical (unpaired) electrons. The van der Waals surface area contributed by atoms with Gasteiger partial charge in [0.1, 0.15) is 5.69 Å². The van der Waals surface area contributed by atoms with E-state index in [0.717, 1.165) is 4.31 Å². The van der Waals surface area contributed by atoms with Crippen molar-refractivity contribution >= 4 is 21.6 Å². The summed E-state index contributed by atoms with van der Waals surface area (Å²) in [4.78, 5) is 22.9. The average molecular weight is 322 g/mol. The van der Waals surface area contributed by atoms with Crippen molar-refractivity contribution in [3.8, 4) is 0 Å². The van der Waals surface area contributed by atoms with Crippen molar-refractivity contribution in [1.82, 2.24) is 14.5 Å². The summed E-state index contributed by atoms with van der Waals surface area (Å²) < 4.78 is 24.9. The van der Waals surface area contributed by atoms with Crippen LogP contribution < -0.4 is 10.9 Å². The molecule has 1 aromatic carbocycles. The highest BCUT2D eigenvalue weighted by Gasteiger charge is 2.17. The Bertz CT molecular complexity index is 821. The number of carbonyl (C=O) groups excluding carboxylic acids is 1. The van der Waals surface area contributed by atoms with Crippen molar-refractivity contribution < 1.29 is 13.2 Å². The fourth-order valence-electron chi connectivity index (χ4n) is 1.59. The molecule has 2 aromatic rings. The van der Waals surface area contributed by atoms with Gasteiger partial charge in [0.05, 0.1) is 4.90 Å². The van der Waals surface area contributed by atoms with Gasteiger partial charge in [-0.05, 0) is 30.3 Å². The molecule has 9 heteroatoms. The maximum Gasteiger partial charge on any atom is 0.276 e. The highest BCUT2D eigenvalue weighted by Crippen LogP contribution is 2.16. The second kappa shape index (κ2) is 6.08. The Hall–Kier alpha value is -2.52. The zero-order chi connectivity index (χ0) is 16.3. The summed E-state index contributed by atoms with van der Waals surface area (Å²) in [6, 6.07) is 8.21. The van der Waals surface area contributed by atoms with Gasteiger partial charge in [-0.2, -0.15) is 5.10 Å². The SMILES string of the molecule is CN(C)S(=O)(=O)c1ccc(NC(=O)c2ccc(=O)[nH]n2)cc1. The van der Waals surface area contributed by atoms with E-state index in [2.05, 4.69) is 15.5 Å². The first-order valence-electron chi connectivity index (χ1n) is 6.20. The Balaban J connectivity index is 2.16. The van der Waals surface area contributed by atoms with E-state index in [0.29, 0.717) is 5.69 Å². The highest BCUT2D eigenvalue weighted by molar-refractivity contribution is 7.89. The van der Waals surface area contributed by atoms with Gasteiger partial charge in [0, 0.05) is 25.8 Å². The number of benzene rings is 1. The third-order valence-electron chi connectivity index (χ3n) is 2.80. The minimum Gasteiger partial charge on any atom is -0.321 e. The molecule has 8 nitrogen and oxygen atoms in total. The number of nitrogens with zero attached hydrogens (tertiary/aromatic N) is 2. The van der Waals surface area contributed by atoms with E-state index in [1.54, 1.807) is 0 Å². The van der Waals surface area contributed by atoms with Crippen LogP contribution >= 0.6 is 0 Å². The molecule has 2 N–H and O–H groups in total. The Labute approximate surface area is 126 Å². The van der Waals surface area contributed by atoms with Crippen LogP contribution in [0.3, 0.4) is 0 Å². The van der Waals surface area contributed by atoms with Crippen molar-refractivity contribution in [2.75, 3.05) is 19.4 Å². The van der Waals surface area contributed by atoms with E-state index in [9.17, 15) is 18.0 Å². The Morgan fingerprint density at radius 2 is 1.77 bits per heavy atom. The molecule has 0 fully saturated rings. The van der Waals surface area contributed by atoms with Crippen molar-refractivity contribution in [3.63, 3.8) is 0 Å². The van der Waals surface area contributed by atoms with Crippen LogP contribution in [0.25, 0.3) is 0 Å². The summed E-state index contributed by atoms with van der Waals surface area (Å²) in [5.41, 5.74) is 0.0510. The fourth-order valence-corrected chi connectivity index (χ4v) is 2.49. The Morgan fingerprint density at radius 1 is 1.14 bits per heavy atom. The lowest BCUT2D eigenvalue weighted by atomic mass is 10.3. The minimum absolute atomic E-state index is 0.0459. The van der Waals surface area contributed by atoms with Gasteiger partial charge in [0.15, 0.2) is 0 Å². The predicted molar refractivity (Wildman–Crippen MR) is 80.1 cm³/mol. The molecule has 22 heavy (non-hydrogen) atoms. The number of anilines is 1. The van der Waals surface area contributed by atoms with Gasteiger partial charge in [-0.15, -0.1) is 0 Å². The van der Waals surface area contributed by atoms with E-state index in [1.165, 1.54) is 50.5 Å². The Morgan fingerprint density at radius 3 is 2.27 bits per heavy atom. The molecule has 0 aliphatic rings. The van der Waals surface area contributed by atoms with Gasteiger partial charge >= 0.3 is 0 Å². The van der Waals surface area contributed by atoms with Gasteiger partial charge in [-0.3, -0.25) is 9.59 Å². The number of aromatic amines is 1. The van der Waals surface area contributed by atoms with E-state index in [1.807, 2.05) is 0 Å². The van der Waals surface area contributed by atoms with Gasteiger partial charge in [-0.25, -0.2) is 17.8 Å². The number of hydrogen-bond donors (Lipinski definition) is 2. The molecule has 0 aliphatic carbocycles. The van der Waals surface area contributed by atoms with Crippen LogP contribution in [0.15, 0.2) is 46.1 Å². The summed E-state index contributed by atoms with van der Waals surface area (Å²) in [5.74, 6) is -0.514. The molecule has 0 bridgehead atoms. The first-order chi connectivity index (χ1) is 10.3. The van der Waals surface area contributed by atoms with Crippen LogP contribution in [0, 0.1) is 0 Å². The second-order valence-corrected chi connectivity index (χ2v) is 6.72. The fraction of sp³-hybridized carbons (Fsp3) is 0.154. The zero-order valence-electron chi connectivity index (χ0n) is 11.9. The molecule has 0 saturated heterocycles. The molecular formula is C13H14N4O4S. The van der Waals surface area contributed by atoms with Crippen molar-refractivity contribution in [2.45, 2.75) is 4.90 Å². The Kier molecular flexibility index (Phi) is 4.38. The molecule has 1 heterocycles. The number of rotatable bonds is 4. The molecule has 0 atom stereocenters. The van der Waals surface area contributed by atoms with Crippen molar-refractivity contribution in [3.05, 3.63) is 52.4 Å². The monoisotopic (exact) mass is 322 g/mol. The molecule has 0 aliphatic heterocycles. The summed E-state index contributed by atoms with van der Waals surface area (Å²) in [7, 11) is -0.636. The minimum atomic E-state index is -3.51. The first kappa shape index (κ1) is 15.9.